The van der Waals surface area contributed by atoms with E-state index in [4.69, 9.17) is 17.0 Å². The second-order valence-electron chi connectivity index (χ2n) is 5.50. The lowest BCUT2D eigenvalue weighted by Gasteiger charge is -2.36. The Morgan fingerprint density at radius 1 is 1.27 bits per heavy atom. The molecule has 0 radical (unpaired) electrons. The van der Waals surface area contributed by atoms with Crippen molar-refractivity contribution in [2.45, 2.75) is 26.1 Å². The molecule has 6 nitrogen and oxygen atoms in total. The zero-order valence-corrected chi connectivity index (χ0v) is 13.3. The number of benzene rings is 1. The van der Waals surface area contributed by atoms with Crippen molar-refractivity contribution in [2.24, 2.45) is 0 Å². The maximum Gasteiger partial charge on any atom is 0.141 e. The number of nitrogens with zero attached hydrogens (tertiary/aromatic N) is 4. The Morgan fingerprint density at radius 2 is 1.95 bits per heavy atom. The lowest BCUT2D eigenvalue weighted by molar-refractivity contribution is -0.0472. The van der Waals surface area contributed by atoms with Crippen molar-refractivity contribution < 1.29 is 9.84 Å². The van der Waals surface area contributed by atoms with E-state index in [1.54, 1.807) is 24.4 Å². The van der Waals surface area contributed by atoms with Gasteiger partial charge in [0.15, 0.2) is 0 Å². The first-order chi connectivity index (χ1) is 10.5. The lowest BCUT2D eigenvalue weighted by atomic mass is 10.2. The van der Waals surface area contributed by atoms with Crippen LogP contribution in [0.15, 0.2) is 30.5 Å². The predicted molar refractivity (Wildman–Crippen MR) is 86.3 cm³/mol. The minimum Gasteiger partial charge on any atom is -0.506 e. The fourth-order valence-electron chi connectivity index (χ4n) is 2.64. The molecule has 22 heavy (non-hydrogen) atoms. The minimum absolute atomic E-state index is 0.134. The molecule has 2 atom stereocenters. The summed E-state index contributed by atoms with van der Waals surface area (Å²) in [5, 5.41) is 18.1. The van der Waals surface area contributed by atoms with E-state index in [0.717, 1.165) is 13.1 Å². The Bertz CT molecular complexity index is 678. The van der Waals surface area contributed by atoms with Gasteiger partial charge in [-0.2, -0.15) is 0 Å². The molecule has 2 heterocycles. The summed E-state index contributed by atoms with van der Waals surface area (Å²) in [7, 11) is 0. The molecule has 7 heteroatoms. The van der Waals surface area contributed by atoms with Gasteiger partial charge in [-0.3, -0.25) is 0 Å². The van der Waals surface area contributed by atoms with Crippen molar-refractivity contribution in [1.29, 1.82) is 0 Å². The second-order valence-corrected chi connectivity index (χ2v) is 5.89. The first kappa shape index (κ1) is 14.9. The van der Waals surface area contributed by atoms with E-state index in [0.29, 0.717) is 16.4 Å². The van der Waals surface area contributed by atoms with Crippen LogP contribution < -0.4 is 0 Å². The molecule has 0 bridgehead atoms. The Balaban J connectivity index is 1.82. The quantitative estimate of drug-likeness (QED) is 0.851. The molecule has 0 aliphatic carbocycles. The first-order valence-electron chi connectivity index (χ1n) is 7.20. The summed E-state index contributed by atoms with van der Waals surface area (Å²) >= 11 is 5.53. The van der Waals surface area contributed by atoms with Gasteiger partial charge in [0.2, 0.25) is 0 Å². The Kier molecular flexibility index (Phi) is 4.08. The molecule has 1 aromatic heterocycles. The van der Waals surface area contributed by atoms with Gasteiger partial charge in [-0.1, -0.05) is 29.6 Å². The molecule has 0 saturated carbocycles. The smallest absolute Gasteiger partial charge is 0.141 e. The Morgan fingerprint density at radius 3 is 2.64 bits per heavy atom. The molecular weight excluding hydrogens is 300 g/mol. The predicted octanol–water partition coefficient (Wildman–Crippen LogP) is 1.76. The van der Waals surface area contributed by atoms with Crippen molar-refractivity contribution >= 4 is 17.2 Å². The van der Waals surface area contributed by atoms with Gasteiger partial charge in [-0.25, -0.2) is 4.68 Å². The SMILES string of the molecule is C[C@H]1CN(C(=S)c2cn(-c3ccccc3O)nn2)C[C@H](C)O1. The van der Waals surface area contributed by atoms with Crippen molar-refractivity contribution in [3.05, 3.63) is 36.2 Å². The highest BCUT2D eigenvalue weighted by molar-refractivity contribution is 7.80. The highest BCUT2D eigenvalue weighted by atomic mass is 32.1. The fourth-order valence-corrected chi connectivity index (χ4v) is 2.89. The number of aromatic nitrogens is 3. The van der Waals surface area contributed by atoms with Crippen molar-refractivity contribution in [1.82, 2.24) is 19.9 Å². The van der Waals surface area contributed by atoms with E-state index in [2.05, 4.69) is 15.2 Å². The van der Waals surface area contributed by atoms with Crippen molar-refractivity contribution in [3.8, 4) is 11.4 Å². The molecule has 1 aromatic carbocycles. The van der Waals surface area contributed by atoms with Crippen molar-refractivity contribution in [3.63, 3.8) is 0 Å². The number of aromatic hydroxyl groups is 1. The van der Waals surface area contributed by atoms with E-state index in [1.807, 2.05) is 19.9 Å². The summed E-state index contributed by atoms with van der Waals surface area (Å²) in [5.74, 6) is 0.151. The lowest BCUT2D eigenvalue weighted by Crippen LogP contribution is -2.47. The molecule has 2 aromatic rings. The fraction of sp³-hybridized carbons (Fsp3) is 0.400. The van der Waals surface area contributed by atoms with Crippen LogP contribution in [0.25, 0.3) is 5.69 Å². The summed E-state index contributed by atoms with van der Waals surface area (Å²) in [6, 6.07) is 6.98. The number of para-hydroxylation sites is 2. The molecular formula is C15H18N4O2S. The van der Waals surface area contributed by atoms with E-state index in [1.165, 1.54) is 4.68 Å². The summed E-state index contributed by atoms with van der Waals surface area (Å²) in [5.41, 5.74) is 1.20. The van der Waals surface area contributed by atoms with Crippen LogP contribution in [0, 0.1) is 0 Å². The van der Waals surface area contributed by atoms with Crippen LogP contribution in [0.3, 0.4) is 0 Å². The van der Waals surface area contributed by atoms with Crippen LogP contribution in [-0.2, 0) is 4.74 Å². The van der Waals surface area contributed by atoms with Crippen LogP contribution in [0.2, 0.25) is 0 Å². The van der Waals surface area contributed by atoms with Crippen LogP contribution in [0.4, 0.5) is 0 Å². The Labute approximate surface area is 134 Å². The normalized spacial score (nSPS) is 21.8. The number of morpholine rings is 1. The maximum absolute atomic E-state index is 9.88. The Hall–Kier alpha value is -1.99. The number of hydrogen-bond donors (Lipinski definition) is 1. The van der Waals surface area contributed by atoms with Crippen LogP contribution in [0.5, 0.6) is 5.75 Å². The van der Waals surface area contributed by atoms with Gasteiger partial charge >= 0.3 is 0 Å². The zero-order valence-electron chi connectivity index (χ0n) is 12.5. The highest BCUT2D eigenvalue weighted by Crippen LogP contribution is 2.20. The number of rotatable bonds is 2. The summed E-state index contributed by atoms with van der Waals surface area (Å²) in [4.78, 5) is 2.75. The van der Waals surface area contributed by atoms with Crippen LogP contribution in [-0.4, -0.2) is 55.3 Å². The van der Waals surface area contributed by atoms with Gasteiger partial charge < -0.3 is 14.7 Å². The number of thiocarbonyl (C=S) groups is 1. The average Bonchev–Trinajstić information content (AvgIpc) is 2.95. The average molecular weight is 318 g/mol. The monoisotopic (exact) mass is 318 g/mol. The molecule has 0 amide bonds. The second kappa shape index (κ2) is 6.02. The van der Waals surface area contributed by atoms with Gasteiger partial charge in [-0.15, -0.1) is 5.10 Å². The van der Waals surface area contributed by atoms with Gasteiger partial charge in [0.05, 0.1) is 18.4 Å². The zero-order chi connectivity index (χ0) is 15.7. The molecule has 1 saturated heterocycles. The standard InChI is InChI=1S/C15H18N4O2S/c1-10-7-18(8-11(2)21-10)15(22)12-9-19(17-16-12)13-5-3-4-6-14(13)20/h3-6,9-11,20H,7-8H2,1-2H3/t10-,11-/m0/s1. The van der Waals surface area contributed by atoms with Gasteiger partial charge in [-0.05, 0) is 26.0 Å². The number of phenolic OH excluding ortho intramolecular Hbond substituents is 1. The molecule has 1 fully saturated rings. The molecule has 1 aliphatic rings. The first-order valence-corrected chi connectivity index (χ1v) is 7.61. The van der Waals surface area contributed by atoms with Crippen LogP contribution in [0.1, 0.15) is 19.5 Å². The molecule has 1 N–H and O–H groups in total. The van der Waals surface area contributed by atoms with E-state index < -0.39 is 0 Å². The number of hydrogen-bond acceptors (Lipinski definition) is 5. The summed E-state index contributed by atoms with van der Waals surface area (Å²) in [6.45, 7) is 5.55. The summed E-state index contributed by atoms with van der Waals surface area (Å²) in [6.07, 6.45) is 2.01. The third-order valence-electron chi connectivity index (χ3n) is 3.55. The molecule has 0 spiro atoms. The number of phenols is 1. The van der Waals surface area contributed by atoms with Crippen molar-refractivity contribution in [2.75, 3.05) is 13.1 Å². The van der Waals surface area contributed by atoms with E-state index in [9.17, 15) is 5.11 Å². The summed E-state index contributed by atoms with van der Waals surface area (Å²) < 4.78 is 7.25. The topological polar surface area (TPSA) is 63.4 Å². The largest absolute Gasteiger partial charge is 0.506 e. The molecule has 116 valence electrons. The molecule has 1 aliphatic heterocycles. The molecule has 3 rings (SSSR count). The highest BCUT2D eigenvalue weighted by Gasteiger charge is 2.25. The van der Waals surface area contributed by atoms with Gasteiger partial charge in [0, 0.05) is 13.1 Å². The van der Waals surface area contributed by atoms with Gasteiger partial charge in [0.25, 0.3) is 0 Å². The van der Waals surface area contributed by atoms with E-state index in [-0.39, 0.29) is 18.0 Å². The minimum atomic E-state index is 0.134. The third kappa shape index (κ3) is 2.95. The van der Waals surface area contributed by atoms with Crippen LogP contribution >= 0.6 is 12.2 Å². The third-order valence-corrected chi connectivity index (χ3v) is 4.02. The van der Waals surface area contributed by atoms with E-state index >= 15 is 0 Å². The number of ether oxygens (including phenoxy) is 1. The molecule has 0 unspecified atom stereocenters. The maximum atomic E-state index is 9.88. The van der Waals surface area contributed by atoms with Gasteiger partial charge in [0.1, 0.15) is 22.1 Å².